The Labute approximate surface area is 220 Å². The van der Waals surface area contributed by atoms with E-state index in [0.29, 0.717) is 33.4 Å². The molecule has 1 amide bonds. The van der Waals surface area contributed by atoms with Gasteiger partial charge < -0.3 is 14.5 Å². The average molecular weight is 516 g/mol. The summed E-state index contributed by atoms with van der Waals surface area (Å²) >= 11 is 0. The molecule has 1 aromatic heterocycles. The van der Waals surface area contributed by atoms with Crippen LogP contribution in [0.25, 0.3) is 33.4 Å². The van der Waals surface area contributed by atoms with Crippen LogP contribution in [-0.2, 0) is 9.53 Å². The van der Waals surface area contributed by atoms with Crippen LogP contribution in [-0.4, -0.2) is 30.3 Å². The van der Waals surface area contributed by atoms with Gasteiger partial charge in [-0.15, -0.1) is 0 Å². The number of ketones is 1. The van der Waals surface area contributed by atoms with Crippen molar-refractivity contribution in [2.75, 3.05) is 6.61 Å². The van der Waals surface area contributed by atoms with Gasteiger partial charge in [0, 0.05) is 22.9 Å². The molecule has 0 saturated heterocycles. The number of hydrogen-bond acceptors (Lipinski definition) is 5. The van der Waals surface area contributed by atoms with Crippen LogP contribution < -0.4 is 5.32 Å². The molecule has 4 rings (SSSR count). The van der Waals surface area contributed by atoms with Crippen molar-refractivity contribution in [1.29, 1.82) is 0 Å². The highest BCUT2D eigenvalue weighted by atomic mass is 19.1. The molecule has 1 unspecified atom stereocenters. The highest BCUT2D eigenvalue weighted by Gasteiger charge is 2.26. The van der Waals surface area contributed by atoms with E-state index in [9.17, 15) is 18.8 Å². The Kier molecular flexibility index (Phi) is 8.05. The zero-order chi connectivity index (χ0) is 27.4. The monoisotopic (exact) mass is 515 g/mol. The fourth-order valence-electron chi connectivity index (χ4n) is 4.33. The van der Waals surface area contributed by atoms with Gasteiger partial charge in [-0.05, 0) is 72.5 Å². The number of furan rings is 1. The number of ether oxygens (including phenoxy) is 1. The zero-order valence-electron chi connectivity index (χ0n) is 21.8. The third kappa shape index (κ3) is 5.52. The molecule has 38 heavy (non-hydrogen) atoms. The second-order valence-electron chi connectivity index (χ2n) is 9.33. The van der Waals surface area contributed by atoms with E-state index in [1.807, 2.05) is 32.0 Å². The number of benzene rings is 3. The molecule has 3 aromatic carbocycles. The van der Waals surface area contributed by atoms with Crippen LogP contribution in [0.5, 0.6) is 0 Å². The molecule has 0 fully saturated rings. The van der Waals surface area contributed by atoms with Crippen LogP contribution in [0, 0.1) is 11.7 Å². The van der Waals surface area contributed by atoms with E-state index < -0.39 is 12.0 Å². The molecule has 196 valence electrons. The predicted octanol–water partition coefficient (Wildman–Crippen LogP) is 6.82. The van der Waals surface area contributed by atoms with Crippen molar-refractivity contribution in [2.45, 2.75) is 40.2 Å². The molecular weight excluding hydrogens is 485 g/mol. The first-order chi connectivity index (χ1) is 18.2. The quantitative estimate of drug-likeness (QED) is 0.195. The van der Waals surface area contributed by atoms with E-state index in [0.717, 1.165) is 11.1 Å². The molecule has 0 spiro atoms. The van der Waals surface area contributed by atoms with Gasteiger partial charge in [0.15, 0.2) is 5.78 Å². The number of Topliss-reactive ketones (excluding diaryl/α,β-unsaturated/α-hetero) is 1. The molecule has 6 nitrogen and oxygen atoms in total. The molecule has 0 aliphatic heterocycles. The fourth-order valence-corrected chi connectivity index (χ4v) is 4.33. The summed E-state index contributed by atoms with van der Waals surface area (Å²) in [4.78, 5) is 38.3. The van der Waals surface area contributed by atoms with E-state index in [1.54, 1.807) is 50.2 Å². The molecule has 1 N–H and O–H groups in total. The summed E-state index contributed by atoms with van der Waals surface area (Å²) in [7, 11) is 0. The van der Waals surface area contributed by atoms with Crippen molar-refractivity contribution in [1.82, 2.24) is 5.32 Å². The smallest absolute Gasteiger partial charge is 0.328 e. The number of hydrogen-bond donors (Lipinski definition) is 1. The van der Waals surface area contributed by atoms with Crippen LogP contribution >= 0.6 is 0 Å². The van der Waals surface area contributed by atoms with Crippen molar-refractivity contribution < 1.29 is 27.9 Å². The minimum atomic E-state index is -0.763. The van der Waals surface area contributed by atoms with E-state index in [4.69, 9.17) is 9.15 Å². The number of halogens is 1. The number of esters is 1. The molecule has 1 atom stereocenters. The molecule has 0 aliphatic carbocycles. The van der Waals surface area contributed by atoms with Gasteiger partial charge in [0.05, 0.1) is 12.2 Å². The second kappa shape index (κ2) is 11.4. The molecule has 0 saturated carbocycles. The predicted molar refractivity (Wildman–Crippen MR) is 144 cm³/mol. The van der Waals surface area contributed by atoms with Crippen molar-refractivity contribution in [2.24, 2.45) is 5.92 Å². The first-order valence-corrected chi connectivity index (χ1v) is 12.7. The highest BCUT2D eigenvalue weighted by Crippen LogP contribution is 2.37. The lowest BCUT2D eigenvalue weighted by molar-refractivity contribution is -0.146. The molecule has 0 aliphatic rings. The highest BCUT2D eigenvalue weighted by molar-refractivity contribution is 6.12. The Balaban J connectivity index is 1.72. The second-order valence-corrected chi connectivity index (χ2v) is 9.33. The van der Waals surface area contributed by atoms with Gasteiger partial charge in [-0.1, -0.05) is 39.0 Å². The van der Waals surface area contributed by atoms with Crippen molar-refractivity contribution in [3.63, 3.8) is 0 Å². The van der Waals surface area contributed by atoms with Gasteiger partial charge in [-0.3, -0.25) is 9.59 Å². The molecule has 0 radical (unpaired) electrons. The van der Waals surface area contributed by atoms with E-state index >= 15 is 0 Å². The maximum atomic E-state index is 13.5. The minimum Gasteiger partial charge on any atom is -0.464 e. The first kappa shape index (κ1) is 26.8. The number of nitrogens with one attached hydrogen (secondary N) is 1. The minimum absolute atomic E-state index is 0.0907. The molecule has 7 heteroatoms. The number of carbonyl (C=O) groups excluding carboxylic acids is 3. The third-order valence-corrected chi connectivity index (χ3v) is 6.35. The maximum Gasteiger partial charge on any atom is 0.328 e. The van der Waals surface area contributed by atoms with E-state index in [-0.39, 0.29) is 36.5 Å². The number of carbonyl (C=O) groups is 3. The van der Waals surface area contributed by atoms with Crippen LogP contribution in [0.1, 0.15) is 54.8 Å². The van der Waals surface area contributed by atoms with E-state index in [1.165, 1.54) is 12.1 Å². The summed E-state index contributed by atoms with van der Waals surface area (Å²) in [6.45, 7) is 7.42. The van der Waals surface area contributed by atoms with Crippen LogP contribution in [0.2, 0.25) is 0 Å². The standard InChI is InChI=1S/C31H30FNO5/c1-5-25(34)27-24-17-21(12-15-26(24)38-29(27)19-10-13-23(32)14-11-19)20-8-7-9-22(16-20)30(35)33-28(18(3)4)31(36)37-6-2/h7-18,28H,5-6H2,1-4H3,(H,33,35). The van der Waals surface area contributed by atoms with E-state index in [2.05, 4.69) is 5.32 Å². The zero-order valence-corrected chi connectivity index (χ0v) is 21.8. The Morgan fingerprint density at radius 1 is 0.921 bits per heavy atom. The molecule has 4 aromatic rings. The summed E-state index contributed by atoms with van der Waals surface area (Å²) in [6.07, 6.45) is 0.278. The lowest BCUT2D eigenvalue weighted by atomic mass is 9.97. The SMILES string of the molecule is CCOC(=O)C(NC(=O)c1cccc(-c2ccc3oc(-c4ccc(F)cc4)c(C(=O)CC)c3c2)c1)C(C)C. The van der Waals surface area contributed by atoms with Crippen LogP contribution in [0.4, 0.5) is 4.39 Å². The number of fused-ring (bicyclic) bond motifs is 1. The van der Waals surface area contributed by atoms with Crippen molar-refractivity contribution >= 4 is 28.6 Å². The Hall–Kier alpha value is -4.26. The Bertz CT molecular complexity index is 1490. The Morgan fingerprint density at radius 3 is 2.26 bits per heavy atom. The molecular formula is C31H30FNO5. The summed E-state index contributed by atoms with van der Waals surface area (Å²) in [5, 5.41) is 3.43. The first-order valence-electron chi connectivity index (χ1n) is 12.7. The van der Waals surface area contributed by atoms with Crippen LogP contribution in [0.15, 0.2) is 71.1 Å². The van der Waals surface area contributed by atoms with Gasteiger partial charge in [0.1, 0.15) is 23.2 Å². The van der Waals surface area contributed by atoms with Gasteiger partial charge >= 0.3 is 5.97 Å². The van der Waals surface area contributed by atoms with Crippen molar-refractivity contribution in [3.05, 3.63) is 83.7 Å². The van der Waals surface area contributed by atoms with Gasteiger partial charge in [0.2, 0.25) is 0 Å². The number of amides is 1. The van der Waals surface area contributed by atoms with Gasteiger partial charge in [-0.25, -0.2) is 9.18 Å². The summed E-state index contributed by atoms with van der Waals surface area (Å²) in [5.74, 6) is -1.07. The molecule has 0 bridgehead atoms. The van der Waals surface area contributed by atoms with Crippen LogP contribution in [0.3, 0.4) is 0 Å². The fraction of sp³-hybridized carbons (Fsp3) is 0.258. The maximum absolute atomic E-state index is 13.5. The van der Waals surface area contributed by atoms with Gasteiger partial charge in [0.25, 0.3) is 5.91 Å². The van der Waals surface area contributed by atoms with Crippen molar-refractivity contribution in [3.8, 4) is 22.5 Å². The summed E-state index contributed by atoms with van der Waals surface area (Å²) in [6, 6.07) is 17.6. The lowest BCUT2D eigenvalue weighted by Gasteiger charge is -2.20. The normalized spacial score (nSPS) is 11.9. The largest absolute Gasteiger partial charge is 0.464 e. The van der Waals surface area contributed by atoms with Gasteiger partial charge in [-0.2, -0.15) is 0 Å². The Morgan fingerprint density at radius 2 is 1.61 bits per heavy atom. The average Bonchev–Trinajstić information content (AvgIpc) is 3.30. The number of rotatable bonds is 9. The lowest BCUT2D eigenvalue weighted by Crippen LogP contribution is -2.45. The third-order valence-electron chi connectivity index (χ3n) is 6.35. The topological polar surface area (TPSA) is 85.6 Å². The summed E-state index contributed by atoms with van der Waals surface area (Å²) < 4.78 is 24.7. The summed E-state index contributed by atoms with van der Waals surface area (Å²) in [5.41, 5.74) is 3.53. The molecule has 1 heterocycles.